The number of carbonyl (C=O) groups is 1. The number of halogens is 1. The highest BCUT2D eigenvalue weighted by Gasteiger charge is 2.53. The SMILES string of the molecule is CC(C)(C)[Si](OC[C@@H](N=[N+]=[N-])[C@H]1OC(=O)[C@@H](F)[C@@H]1OCc1ccccc1)(c1ccccc1)c1ccccc1. The van der Waals surface area contributed by atoms with Crippen LogP contribution in [0, 0.1) is 0 Å². The van der Waals surface area contributed by atoms with Crippen molar-refractivity contribution in [1.29, 1.82) is 0 Å². The number of benzene rings is 3. The van der Waals surface area contributed by atoms with Gasteiger partial charge in [0.1, 0.15) is 12.2 Å². The van der Waals surface area contributed by atoms with E-state index in [2.05, 4.69) is 30.8 Å². The molecule has 1 heterocycles. The maximum atomic E-state index is 15.0. The maximum Gasteiger partial charge on any atom is 0.344 e. The van der Waals surface area contributed by atoms with E-state index in [1.54, 1.807) is 0 Å². The molecule has 4 rings (SSSR count). The highest BCUT2D eigenvalue weighted by molar-refractivity contribution is 6.99. The van der Waals surface area contributed by atoms with Crippen LogP contribution in [-0.2, 0) is 25.3 Å². The number of azide groups is 1. The van der Waals surface area contributed by atoms with Crippen LogP contribution in [0.25, 0.3) is 10.4 Å². The van der Waals surface area contributed by atoms with Crippen LogP contribution in [0.4, 0.5) is 4.39 Å². The van der Waals surface area contributed by atoms with Crippen molar-refractivity contribution in [3.05, 3.63) is 107 Å². The highest BCUT2D eigenvalue weighted by Crippen LogP contribution is 2.37. The third-order valence-corrected chi connectivity index (χ3v) is 11.8. The second-order valence-corrected chi connectivity index (χ2v) is 14.6. The third kappa shape index (κ3) is 5.66. The molecule has 0 unspecified atom stereocenters. The quantitative estimate of drug-likeness (QED) is 0.119. The number of ether oxygens (including phenoxy) is 2. The Bertz CT molecular complexity index is 1210. The molecule has 0 saturated carbocycles. The molecule has 0 aromatic heterocycles. The molecule has 198 valence electrons. The molecule has 1 fully saturated rings. The Kier molecular flexibility index (Phi) is 8.64. The molecule has 0 spiro atoms. The van der Waals surface area contributed by atoms with E-state index >= 15 is 0 Å². The van der Waals surface area contributed by atoms with E-state index in [-0.39, 0.29) is 18.3 Å². The number of nitrogens with zero attached hydrogens (tertiary/aromatic N) is 3. The van der Waals surface area contributed by atoms with Crippen molar-refractivity contribution in [1.82, 2.24) is 0 Å². The van der Waals surface area contributed by atoms with Gasteiger partial charge in [-0.1, -0.05) is 117 Å². The van der Waals surface area contributed by atoms with Gasteiger partial charge in [-0.2, -0.15) is 0 Å². The molecular weight excluding hydrogens is 501 g/mol. The number of rotatable bonds is 10. The summed E-state index contributed by atoms with van der Waals surface area (Å²) in [6.07, 6.45) is -4.36. The van der Waals surface area contributed by atoms with Crippen LogP contribution in [0.3, 0.4) is 0 Å². The lowest BCUT2D eigenvalue weighted by Crippen LogP contribution is -2.67. The van der Waals surface area contributed by atoms with Crippen molar-refractivity contribution in [2.24, 2.45) is 5.11 Å². The number of cyclic esters (lactones) is 1. The van der Waals surface area contributed by atoms with Crippen molar-refractivity contribution < 1.29 is 23.1 Å². The number of alkyl halides is 1. The van der Waals surface area contributed by atoms with E-state index in [9.17, 15) is 14.7 Å². The fourth-order valence-electron chi connectivity index (χ4n) is 5.04. The normalized spacial score (nSPS) is 20.4. The molecule has 38 heavy (non-hydrogen) atoms. The molecule has 3 aromatic rings. The van der Waals surface area contributed by atoms with Gasteiger partial charge >= 0.3 is 5.97 Å². The summed E-state index contributed by atoms with van der Waals surface area (Å²) < 4.78 is 33.1. The molecule has 0 radical (unpaired) electrons. The Morgan fingerprint density at radius 3 is 2.00 bits per heavy atom. The largest absolute Gasteiger partial charge is 0.457 e. The smallest absolute Gasteiger partial charge is 0.344 e. The van der Waals surface area contributed by atoms with Gasteiger partial charge in [-0.3, -0.25) is 0 Å². The molecule has 1 aliphatic rings. The average molecular weight is 534 g/mol. The van der Waals surface area contributed by atoms with Crippen molar-refractivity contribution in [2.75, 3.05) is 6.61 Å². The summed E-state index contributed by atoms with van der Waals surface area (Å²) in [6.45, 7) is 6.38. The zero-order chi connectivity index (χ0) is 27.2. The summed E-state index contributed by atoms with van der Waals surface area (Å²) in [4.78, 5) is 15.3. The Balaban J connectivity index is 1.67. The van der Waals surface area contributed by atoms with Crippen molar-refractivity contribution in [3.63, 3.8) is 0 Å². The van der Waals surface area contributed by atoms with Gasteiger partial charge in [0.15, 0.2) is 0 Å². The number of hydrogen-bond donors (Lipinski definition) is 0. The number of esters is 1. The molecular formula is C29H32FN3O4Si. The monoisotopic (exact) mass is 533 g/mol. The minimum Gasteiger partial charge on any atom is -0.457 e. The maximum absolute atomic E-state index is 15.0. The lowest BCUT2D eigenvalue weighted by atomic mass is 10.1. The molecule has 0 amide bonds. The molecule has 0 N–H and O–H groups in total. The molecule has 0 bridgehead atoms. The van der Waals surface area contributed by atoms with Crippen molar-refractivity contribution >= 4 is 24.7 Å². The van der Waals surface area contributed by atoms with E-state index in [1.165, 1.54) is 0 Å². The van der Waals surface area contributed by atoms with Crippen molar-refractivity contribution in [3.8, 4) is 0 Å². The first kappa shape index (κ1) is 27.5. The summed E-state index contributed by atoms with van der Waals surface area (Å²) >= 11 is 0. The minimum absolute atomic E-state index is 0.0762. The zero-order valence-electron chi connectivity index (χ0n) is 21.7. The van der Waals surface area contributed by atoms with Crippen LogP contribution < -0.4 is 10.4 Å². The predicted octanol–water partition coefficient (Wildman–Crippen LogP) is 5.09. The molecule has 3 aromatic carbocycles. The van der Waals surface area contributed by atoms with Crippen LogP contribution in [0.5, 0.6) is 0 Å². The first-order valence-electron chi connectivity index (χ1n) is 12.6. The Hall–Kier alpha value is -3.49. The summed E-state index contributed by atoms with van der Waals surface area (Å²) in [5.74, 6) is -1.03. The first-order valence-corrected chi connectivity index (χ1v) is 14.5. The minimum atomic E-state index is -2.98. The van der Waals surface area contributed by atoms with E-state index < -0.39 is 38.7 Å². The first-order chi connectivity index (χ1) is 18.3. The van der Waals surface area contributed by atoms with Gasteiger partial charge in [-0.05, 0) is 26.5 Å². The van der Waals surface area contributed by atoms with Gasteiger partial charge < -0.3 is 13.9 Å². The van der Waals surface area contributed by atoms with Gasteiger partial charge in [0.2, 0.25) is 6.17 Å². The summed E-state index contributed by atoms with van der Waals surface area (Å²) in [6, 6.07) is 28.2. The Labute approximate surface area is 223 Å². The van der Waals surface area contributed by atoms with Crippen molar-refractivity contribution in [2.45, 2.75) is 56.8 Å². The predicted molar refractivity (Wildman–Crippen MR) is 146 cm³/mol. The van der Waals surface area contributed by atoms with E-state index in [1.807, 2.05) is 91.0 Å². The van der Waals surface area contributed by atoms with Crippen LogP contribution >= 0.6 is 0 Å². The van der Waals surface area contributed by atoms with Crippen LogP contribution in [-0.4, -0.2) is 45.3 Å². The fraction of sp³-hybridized carbons (Fsp3) is 0.345. The standard InChI is InChI=1S/C29H32FN3O4Si/c1-29(2,3)38(22-15-9-5-10-16-22,23-17-11-6-12-18-23)36-20-24(32-33-31)26-27(25(30)28(34)37-26)35-19-21-13-7-4-8-14-21/h4-18,24-27H,19-20H2,1-3H3/t24-,25+,26-,27+/m1/s1. The zero-order valence-corrected chi connectivity index (χ0v) is 22.7. The average Bonchev–Trinajstić information content (AvgIpc) is 3.21. The summed E-state index contributed by atoms with van der Waals surface area (Å²) in [5.41, 5.74) is 10.2. The Morgan fingerprint density at radius 1 is 0.974 bits per heavy atom. The lowest BCUT2D eigenvalue weighted by Gasteiger charge is -2.43. The summed E-state index contributed by atoms with van der Waals surface area (Å²) in [5, 5.41) is 5.67. The van der Waals surface area contributed by atoms with Gasteiger partial charge in [0.05, 0.1) is 12.6 Å². The van der Waals surface area contributed by atoms with Crippen LogP contribution in [0.2, 0.25) is 5.04 Å². The van der Waals surface area contributed by atoms with Gasteiger partial charge in [-0.25, -0.2) is 9.18 Å². The highest BCUT2D eigenvalue weighted by atomic mass is 28.4. The van der Waals surface area contributed by atoms with Crippen LogP contribution in [0.1, 0.15) is 26.3 Å². The molecule has 1 aliphatic heterocycles. The summed E-state index contributed by atoms with van der Waals surface area (Å²) in [7, 11) is -2.98. The molecule has 0 aliphatic carbocycles. The van der Waals surface area contributed by atoms with Crippen LogP contribution in [0.15, 0.2) is 96.1 Å². The fourth-order valence-corrected chi connectivity index (χ4v) is 9.62. The van der Waals surface area contributed by atoms with E-state index in [0.29, 0.717) is 0 Å². The molecule has 1 saturated heterocycles. The number of hydrogen-bond acceptors (Lipinski definition) is 5. The molecule has 7 nitrogen and oxygen atoms in total. The number of carbonyl (C=O) groups excluding carboxylic acids is 1. The van der Waals surface area contributed by atoms with Gasteiger partial charge in [-0.15, -0.1) is 0 Å². The topological polar surface area (TPSA) is 93.5 Å². The van der Waals surface area contributed by atoms with E-state index in [0.717, 1.165) is 15.9 Å². The molecule has 4 atom stereocenters. The molecule has 9 heteroatoms. The third-order valence-electron chi connectivity index (χ3n) is 6.84. The van der Waals surface area contributed by atoms with Gasteiger partial charge in [0.25, 0.3) is 8.32 Å². The Morgan fingerprint density at radius 2 is 1.50 bits per heavy atom. The lowest BCUT2D eigenvalue weighted by molar-refractivity contribution is -0.145. The van der Waals surface area contributed by atoms with E-state index in [4.69, 9.17) is 13.9 Å². The van der Waals surface area contributed by atoms with Gasteiger partial charge in [0, 0.05) is 11.5 Å². The second kappa shape index (κ2) is 11.9. The second-order valence-electron chi connectivity index (χ2n) is 10.3.